The third-order valence-corrected chi connectivity index (χ3v) is 6.51. The molecule has 21 heavy (non-hydrogen) atoms. The molecule has 2 heterocycles. The van der Waals surface area contributed by atoms with Crippen LogP contribution in [0.2, 0.25) is 0 Å². The van der Waals surface area contributed by atoms with Crippen LogP contribution in [-0.4, -0.2) is 19.3 Å². The van der Waals surface area contributed by atoms with Gasteiger partial charge in [0.05, 0.1) is 6.04 Å². The normalized spacial score (nSPS) is 20.0. The minimum Gasteiger partial charge on any atom is -0.399 e. The first-order chi connectivity index (χ1) is 10.00. The summed E-state index contributed by atoms with van der Waals surface area (Å²) < 4.78 is 40.8. The highest BCUT2D eigenvalue weighted by atomic mass is 32.2. The predicted molar refractivity (Wildman–Crippen MR) is 81.0 cm³/mol. The van der Waals surface area contributed by atoms with Crippen LogP contribution < -0.4 is 5.73 Å². The largest absolute Gasteiger partial charge is 0.399 e. The van der Waals surface area contributed by atoms with E-state index in [0.717, 1.165) is 23.8 Å². The van der Waals surface area contributed by atoms with Gasteiger partial charge in [0.25, 0.3) is 0 Å². The molecule has 1 atom stereocenters. The molecule has 1 saturated heterocycles. The van der Waals surface area contributed by atoms with Crippen LogP contribution in [0.5, 0.6) is 0 Å². The van der Waals surface area contributed by atoms with E-state index in [9.17, 15) is 12.8 Å². The van der Waals surface area contributed by atoms with Crippen molar-refractivity contribution in [3.8, 4) is 0 Å². The van der Waals surface area contributed by atoms with Crippen LogP contribution in [0.15, 0.2) is 40.6 Å². The van der Waals surface area contributed by atoms with Crippen molar-refractivity contribution < 1.29 is 12.8 Å². The number of halogens is 1. The summed E-state index contributed by atoms with van der Waals surface area (Å²) in [6.07, 6.45) is 1.52. The van der Waals surface area contributed by atoms with Crippen LogP contribution in [0.3, 0.4) is 0 Å². The van der Waals surface area contributed by atoms with E-state index in [0.29, 0.717) is 6.54 Å². The molecule has 2 N–H and O–H groups in total. The van der Waals surface area contributed by atoms with Crippen molar-refractivity contribution in [2.24, 2.45) is 0 Å². The van der Waals surface area contributed by atoms with Crippen LogP contribution in [0, 0.1) is 5.82 Å². The van der Waals surface area contributed by atoms with Gasteiger partial charge in [0.15, 0.2) is 0 Å². The van der Waals surface area contributed by atoms with Gasteiger partial charge in [0.1, 0.15) is 10.7 Å². The highest BCUT2D eigenvalue weighted by Gasteiger charge is 2.38. The lowest BCUT2D eigenvalue weighted by Crippen LogP contribution is -2.31. The number of thiophene rings is 1. The third kappa shape index (κ3) is 2.56. The molecule has 1 fully saturated rings. The molecule has 0 radical (unpaired) electrons. The molecule has 2 aromatic rings. The molecular weight excluding hydrogens is 311 g/mol. The Morgan fingerprint density at radius 1 is 1.33 bits per heavy atom. The number of sulfonamides is 1. The number of nitrogen functional groups attached to an aromatic ring is 1. The molecule has 7 heteroatoms. The van der Waals surface area contributed by atoms with Crippen LogP contribution in [-0.2, 0) is 10.0 Å². The molecule has 3 rings (SSSR count). The Kier molecular flexibility index (Phi) is 3.73. The number of hydrogen-bond acceptors (Lipinski definition) is 4. The molecule has 0 saturated carbocycles. The fraction of sp³-hybridized carbons (Fsp3) is 0.286. The van der Waals surface area contributed by atoms with Crippen LogP contribution in [0.1, 0.15) is 23.8 Å². The molecular formula is C14H15FN2O2S2. The highest BCUT2D eigenvalue weighted by Crippen LogP contribution is 2.39. The zero-order valence-electron chi connectivity index (χ0n) is 11.2. The first kappa shape index (κ1) is 14.5. The zero-order valence-corrected chi connectivity index (χ0v) is 12.8. The Balaban J connectivity index is 2.03. The van der Waals surface area contributed by atoms with Crippen molar-refractivity contribution in [1.82, 2.24) is 4.31 Å². The monoisotopic (exact) mass is 326 g/mol. The van der Waals surface area contributed by atoms with E-state index in [1.54, 1.807) is 0 Å². The summed E-state index contributed by atoms with van der Waals surface area (Å²) in [7, 11) is -3.88. The van der Waals surface area contributed by atoms with E-state index in [1.165, 1.54) is 27.8 Å². The van der Waals surface area contributed by atoms with Crippen molar-refractivity contribution in [3.63, 3.8) is 0 Å². The van der Waals surface area contributed by atoms with E-state index in [2.05, 4.69) is 0 Å². The fourth-order valence-electron chi connectivity index (χ4n) is 2.64. The minimum absolute atomic E-state index is 0.212. The van der Waals surface area contributed by atoms with Gasteiger partial charge in [-0.1, -0.05) is 6.07 Å². The molecule has 1 aliphatic rings. The highest BCUT2D eigenvalue weighted by molar-refractivity contribution is 7.89. The zero-order chi connectivity index (χ0) is 15.0. The summed E-state index contributed by atoms with van der Waals surface area (Å²) in [6.45, 7) is 0.402. The third-order valence-electron chi connectivity index (χ3n) is 3.62. The van der Waals surface area contributed by atoms with Crippen molar-refractivity contribution in [2.75, 3.05) is 12.3 Å². The number of hydrogen-bond donors (Lipinski definition) is 1. The van der Waals surface area contributed by atoms with Gasteiger partial charge >= 0.3 is 0 Å². The van der Waals surface area contributed by atoms with Crippen molar-refractivity contribution in [3.05, 3.63) is 46.4 Å². The lowest BCUT2D eigenvalue weighted by Gasteiger charge is -2.23. The average molecular weight is 326 g/mol. The number of nitrogens with zero attached hydrogens (tertiary/aromatic N) is 1. The number of nitrogens with two attached hydrogens (primary N) is 1. The van der Waals surface area contributed by atoms with Crippen molar-refractivity contribution in [2.45, 2.75) is 23.8 Å². The molecule has 4 nitrogen and oxygen atoms in total. The Morgan fingerprint density at radius 3 is 2.86 bits per heavy atom. The standard InChI is InChI=1S/C14H15FN2O2S2/c15-11-6-5-10(16)9-14(11)21(18,19)17-7-1-3-12(17)13-4-2-8-20-13/h2,4-6,8-9,12H,1,3,7,16H2. The van der Waals surface area contributed by atoms with Gasteiger partial charge < -0.3 is 5.73 Å². The van der Waals surface area contributed by atoms with Gasteiger partial charge in [-0.15, -0.1) is 11.3 Å². The van der Waals surface area contributed by atoms with E-state index in [4.69, 9.17) is 5.73 Å². The molecule has 0 spiro atoms. The second-order valence-corrected chi connectivity index (χ2v) is 7.82. The average Bonchev–Trinajstić information content (AvgIpc) is 3.10. The molecule has 1 aromatic heterocycles. The lowest BCUT2D eigenvalue weighted by atomic mass is 10.2. The van der Waals surface area contributed by atoms with E-state index in [1.807, 2.05) is 17.5 Å². The van der Waals surface area contributed by atoms with Gasteiger partial charge in [0.2, 0.25) is 10.0 Å². The topological polar surface area (TPSA) is 63.4 Å². The van der Waals surface area contributed by atoms with Gasteiger partial charge in [-0.25, -0.2) is 12.8 Å². The molecule has 1 unspecified atom stereocenters. The maximum Gasteiger partial charge on any atom is 0.246 e. The SMILES string of the molecule is Nc1ccc(F)c(S(=O)(=O)N2CCCC2c2cccs2)c1. The maximum atomic E-state index is 13.9. The number of rotatable bonds is 3. The summed E-state index contributed by atoms with van der Waals surface area (Å²) in [6, 6.07) is 7.24. The molecule has 0 aliphatic carbocycles. The maximum absolute atomic E-state index is 13.9. The molecule has 112 valence electrons. The molecule has 0 amide bonds. The summed E-state index contributed by atoms with van der Waals surface area (Å²) in [5.41, 5.74) is 5.84. The minimum atomic E-state index is -3.88. The molecule has 1 aromatic carbocycles. The van der Waals surface area contributed by atoms with E-state index in [-0.39, 0.29) is 16.6 Å². The lowest BCUT2D eigenvalue weighted by molar-refractivity contribution is 0.397. The van der Waals surface area contributed by atoms with Gasteiger partial charge in [-0.2, -0.15) is 4.31 Å². The summed E-state index contributed by atoms with van der Waals surface area (Å²) in [5, 5.41) is 1.92. The Bertz CT molecular complexity index is 744. The number of anilines is 1. The summed E-state index contributed by atoms with van der Waals surface area (Å²) in [5.74, 6) is -0.763. The summed E-state index contributed by atoms with van der Waals surface area (Å²) >= 11 is 1.52. The number of benzene rings is 1. The van der Waals surface area contributed by atoms with E-state index < -0.39 is 15.8 Å². The predicted octanol–water partition coefficient (Wildman–Crippen LogP) is 3.00. The smallest absolute Gasteiger partial charge is 0.246 e. The molecule has 0 bridgehead atoms. The van der Waals surface area contributed by atoms with Gasteiger partial charge in [-0.05, 0) is 42.5 Å². The van der Waals surface area contributed by atoms with Gasteiger partial charge in [0, 0.05) is 17.1 Å². The first-order valence-electron chi connectivity index (χ1n) is 6.60. The van der Waals surface area contributed by atoms with Crippen molar-refractivity contribution >= 4 is 27.0 Å². The second kappa shape index (κ2) is 5.40. The fourth-order valence-corrected chi connectivity index (χ4v) is 5.35. The second-order valence-electron chi connectivity index (χ2n) is 4.98. The van der Waals surface area contributed by atoms with E-state index >= 15 is 0 Å². The Hall–Kier alpha value is -1.44. The van der Waals surface area contributed by atoms with Crippen LogP contribution >= 0.6 is 11.3 Å². The Morgan fingerprint density at radius 2 is 2.14 bits per heavy atom. The summed E-state index contributed by atoms with van der Waals surface area (Å²) in [4.78, 5) is 0.645. The quantitative estimate of drug-likeness (QED) is 0.882. The van der Waals surface area contributed by atoms with Crippen LogP contribution in [0.4, 0.5) is 10.1 Å². The first-order valence-corrected chi connectivity index (χ1v) is 8.92. The van der Waals surface area contributed by atoms with Crippen LogP contribution in [0.25, 0.3) is 0 Å². The van der Waals surface area contributed by atoms with Crippen molar-refractivity contribution in [1.29, 1.82) is 0 Å². The Labute approximate surface area is 127 Å². The molecule has 1 aliphatic heterocycles. The van der Waals surface area contributed by atoms with Gasteiger partial charge in [-0.3, -0.25) is 0 Å².